The van der Waals surface area contributed by atoms with Gasteiger partial charge in [-0.3, -0.25) is 5.43 Å². The van der Waals surface area contributed by atoms with Crippen LogP contribution >= 0.6 is 11.3 Å². The Bertz CT molecular complexity index is 939. The molecular weight excluding hydrogens is 394 g/mol. The summed E-state index contributed by atoms with van der Waals surface area (Å²) in [7, 11) is 1.66. The van der Waals surface area contributed by atoms with Gasteiger partial charge in [-0.2, -0.15) is 5.10 Å². The molecule has 0 aliphatic carbocycles. The van der Waals surface area contributed by atoms with Gasteiger partial charge < -0.3 is 9.47 Å². The largest absolute Gasteiger partial charge is 0.497 e. The average molecular weight is 424 g/mol. The Hall–Kier alpha value is -2.86. The van der Waals surface area contributed by atoms with Gasteiger partial charge in [0.15, 0.2) is 0 Å². The molecule has 0 aliphatic rings. The number of methoxy groups -OCH3 is 1. The molecule has 6 heteroatoms. The average Bonchev–Trinajstić information content (AvgIpc) is 3.26. The first kappa shape index (κ1) is 21.8. The van der Waals surface area contributed by atoms with Crippen LogP contribution in [-0.2, 0) is 0 Å². The molecule has 158 valence electrons. The summed E-state index contributed by atoms with van der Waals surface area (Å²) < 4.78 is 11.2. The Labute approximate surface area is 182 Å². The second-order valence-corrected chi connectivity index (χ2v) is 7.80. The summed E-state index contributed by atoms with van der Waals surface area (Å²) in [6, 6.07) is 15.8. The first-order valence-electron chi connectivity index (χ1n) is 10.4. The van der Waals surface area contributed by atoms with Crippen LogP contribution in [0, 0.1) is 0 Å². The van der Waals surface area contributed by atoms with Gasteiger partial charge in [0.1, 0.15) is 11.5 Å². The van der Waals surface area contributed by atoms with E-state index < -0.39 is 0 Å². The maximum absolute atomic E-state index is 5.96. The van der Waals surface area contributed by atoms with Gasteiger partial charge in [-0.25, -0.2) is 4.98 Å². The number of ether oxygens (including phenoxy) is 2. The second kappa shape index (κ2) is 12.0. The van der Waals surface area contributed by atoms with E-state index in [0.717, 1.165) is 46.5 Å². The van der Waals surface area contributed by atoms with E-state index in [1.54, 1.807) is 13.3 Å². The fraction of sp³-hybridized carbons (Fsp3) is 0.333. The molecule has 0 spiro atoms. The normalized spacial score (nSPS) is 11.0. The van der Waals surface area contributed by atoms with Gasteiger partial charge >= 0.3 is 0 Å². The van der Waals surface area contributed by atoms with Gasteiger partial charge in [-0.1, -0.05) is 56.9 Å². The molecule has 0 fully saturated rings. The van der Waals surface area contributed by atoms with Crippen LogP contribution < -0.4 is 14.9 Å². The lowest BCUT2D eigenvalue weighted by Gasteiger charge is -2.08. The number of hydrogen-bond donors (Lipinski definition) is 1. The minimum absolute atomic E-state index is 0.734. The zero-order valence-corrected chi connectivity index (χ0v) is 18.5. The summed E-state index contributed by atoms with van der Waals surface area (Å²) >= 11 is 1.51. The van der Waals surface area contributed by atoms with E-state index >= 15 is 0 Å². The minimum atomic E-state index is 0.734. The predicted molar refractivity (Wildman–Crippen MR) is 126 cm³/mol. The van der Waals surface area contributed by atoms with E-state index in [1.165, 1.54) is 37.0 Å². The number of anilines is 1. The highest BCUT2D eigenvalue weighted by Crippen LogP contribution is 2.27. The molecule has 0 unspecified atom stereocenters. The van der Waals surface area contributed by atoms with Crippen molar-refractivity contribution in [2.45, 2.75) is 39.0 Å². The molecule has 0 radical (unpaired) electrons. The topological polar surface area (TPSA) is 55.7 Å². The summed E-state index contributed by atoms with van der Waals surface area (Å²) in [6.07, 6.45) is 7.90. The van der Waals surface area contributed by atoms with Crippen molar-refractivity contribution in [3.8, 4) is 22.8 Å². The van der Waals surface area contributed by atoms with Crippen molar-refractivity contribution in [3.63, 3.8) is 0 Å². The molecule has 3 aromatic rings. The molecule has 0 atom stereocenters. The van der Waals surface area contributed by atoms with Crippen LogP contribution in [0.5, 0.6) is 11.5 Å². The maximum Gasteiger partial charge on any atom is 0.203 e. The van der Waals surface area contributed by atoms with Gasteiger partial charge in [-0.05, 0) is 30.7 Å². The standard InChI is InChI=1S/C24H29N3O2S/c1-3-4-5-6-9-15-29-23-14-8-7-11-20(23)17-25-27-24-26-22(18-30-24)19-12-10-13-21(16-19)28-2/h7-8,10-14,16-18H,3-6,9,15H2,1-2H3,(H,26,27)/b25-17-. The molecule has 3 rings (SSSR count). The quantitative estimate of drug-likeness (QED) is 0.202. The van der Waals surface area contributed by atoms with Crippen LogP contribution in [0.25, 0.3) is 11.3 Å². The number of rotatable bonds is 12. The van der Waals surface area contributed by atoms with Crippen LogP contribution in [0.4, 0.5) is 5.13 Å². The number of hydrazone groups is 1. The summed E-state index contributed by atoms with van der Waals surface area (Å²) in [5, 5.41) is 7.09. The van der Waals surface area contributed by atoms with Crippen molar-refractivity contribution in [2.24, 2.45) is 5.10 Å². The van der Waals surface area contributed by atoms with E-state index in [4.69, 9.17) is 9.47 Å². The molecule has 0 amide bonds. The predicted octanol–water partition coefficient (Wildman–Crippen LogP) is 6.61. The monoisotopic (exact) mass is 423 g/mol. The Morgan fingerprint density at radius 2 is 1.93 bits per heavy atom. The molecule has 1 heterocycles. The van der Waals surface area contributed by atoms with Gasteiger partial charge in [0, 0.05) is 16.5 Å². The SMILES string of the molecule is CCCCCCCOc1ccccc1/C=N\Nc1nc(-c2cccc(OC)c2)cs1. The molecule has 2 aromatic carbocycles. The van der Waals surface area contributed by atoms with Gasteiger partial charge in [0.05, 0.1) is 25.6 Å². The van der Waals surface area contributed by atoms with Crippen LogP contribution in [0.15, 0.2) is 59.0 Å². The number of benzene rings is 2. The number of nitrogens with one attached hydrogen (secondary N) is 1. The third kappa shape index (κ3) is 6.59. The molecule has 1 N–H and O–H groups in total. The van der Waals surface area contributed by atoms with Crippen molar-refractivity contribution < 1.29 is 9.47 Å². The zero-order valence-electron chi connectivity index (χ0n) is 17.6. The lowest BCUT2D eigenvalue weighted by Crippen LogP contribution is -2.00. The minimum Gasteiger partial charge on any atom is -0.497 e. The van der Waals surface area contributed by atoms with E-state index in [-0.39, 0.29) is 0 Å². The van der Waals surface area contributed by atoms with E-state index in [2.05, 4.69) is 22.4 Å². The van der Waals surface area contributed by atoms with Gasteiger partial charge in [-0.15, -0.1) is 11.3 Å². The van der Waals surface area contributed by atoms with Crippen molar-refractivity contribution in [1.29, 1.82) is 0 Å². The van der Waals surface area contributed by atoms with Crippen molar-refractivity contribution in [2.75, 3.05) is 19.1 Å². The third-order valence-corrected chi connectivity index (χ3v) is 5.40. The number of para-hydroxylation sites is 1. The summed E-state index contributed by atoms with van der Waals surface area (Å²) in [4.78, 5) is 4.60. The molecular formula is C24H29N3O2S. The maximum atomic E-state index is 5.96. The fourth-order valence-corrected chi connectivity index (χ4v) is 3.67. The highest BCUT2D eigenvalue weighted by atomic mass is 32.1. The molecule has 0 saturated heterocycles. The molecule has 1 aromatic heterocycles. The second-order valence-electron chi connectivity index (χ2n) is 6.94. The van der Waals surface area contributed by atoms with E-state index in [9.17, 15) is 0 Å². The lowest BCUT2D eigenvalue weighted by atomic mass is 10.2. The molecule has 0 aliphatic heterocycles. The van der Waals surface area contributed by atoms with Gasteiger partial charge in [0.2, 0.25) is 5.13 Å². The lowest BCUT2D eigenvalue weighted by molar-refractivity contribution is 0.304. The Morgan fingerprint density at radius 1 is 1.07 bits per heavy atom. The number of thiazole rings is 1. The molecule has 30 heavy (non-hydrogen) atoms. The number of unbranched alkanes of at least 4 members (excludes halogenated alkanes) is 4. The Kier molecular flexibility index (Phi) is 8.72. The third-order valence-electron chi connectivity index (χ3n) is 4.66. The highest BCUT2D eigenvalue weighted by molar-refractivity contribution is 7.14. The van der Waals surface area contributed by atoms with Crippen molar-refractivity contribution in [1.82, 2.24) is 4.98 Å². The highest BCUT2D eigenvalue weighted by Gasteiger charge is 2.05. The summed E-state index contributed by atoms with van der Waals surface area (Å²) in [5.41, 5.74) is 5.87. The Morgan fingerprint density at radius 3 is 2.80 bits per heavy atom. The smallest absolute Gasteiger partial charge is 0.203 e. The first-order valence-corrected chi connectivity index (χ1v) is 11.3. The molecule has 5 nitrogen and oxygen atoms in total. The zero-order chi connectivity index (χ0) is 21.0. The van der Waals surface area contributed by atoms with E-state index in [0.29, 0.717) is 0 Å². The van der Waals surface area contributed by atoms with E-state index in [1.807, 2.05) is 53.9 Å². The summed E-state index contributed by atoms with van der Waals surface area (Å²) in [5.74, 6) is 1.67. The fourth-order valence-electron chi connectivity index (χ4n) is 3.00. The van der Waals surface area contributed by atoms with Crippen molar-refractivity contribution in [3.05, 3.63) is 59.5 Å². The van der Waals surface area contributed by atoms with Gasteiger partial charge in [0.25, 0.3) is 0 Å². The number of nitrogens with zero attached hydrogens (tertiary/aromatic N) is 2. The van der Waals surface area contributed by atoms with Crippen LogP contribution in [0.3, 0.4) is 0 Å². The Balaban J connectivity index is 1.55. The number of hydrogen-bond acceptors (Lipinski definition) is 6. The van der Waals surface area contributed by atoms with Crippen LogP contribution in [0.1, 0.15) is 44.6 Å². The van der Waals surface area contributed by atoms with Crippen LogP contribution in [0.2, 0.25) is 0 Å². The number of aromatic nitrogens is 1. The summed E-state index contributed by atoms with van der Waals surface area (Å²) in [6.45, 7) is 2.96. The molecule has 0 bridgehead atoms. The first-order chi connectivity index (χ1) is 14.8. The molecule has 0 saturated carbocycles. The van der Waals surface area contributed by atoms with Crippen LogP contribution in [-0.4, -0.2) is 24.9 Å². The van der Waals surface area contributed by atoms with Crippen molar-refractivity contribution >= 4 is 22.7 Å².